The number of amides is 1. The highest BCUT2D eigenvalue weighted by molar-refractivity contribution is 14.1. The van der Waals surface area contributed by atoms with E-state index < -0.39 is 11.4 Å². The maximum atomic E-state index is 12.6. The second-order valence-electron chi connectivity index (χ2n) is 5.41. The van der Waals surface area contributed by atoms with Crippen LogP contribution in [-0.4, -0.2) is 35.0 Å². The minimum Gasteiger partial charge on any atom is -0.481 e. The Kier molecular flexibility index (Phi) is 5.05. The number of hydrogen-bond acceptors (Lipinski definition) is 2. The molecule has 1 aliphatic heterocycles. The molecule has 1 aromatic rings. The molecule has 0 spiro atoms. The first kappa shape index (κ1) is 16.8. The minimum absolute atomic E-state index is 0.156. The van der Waals surface area contributed by atoms with Gasteiger partial charge in [-0.1, -0.05) is 23.2 Å². The molecule has 0 radical (unpaired) electrons. The van der Waals surface area contributed by atoms with E-state index in [0.717, 1.165) is 0 Å². The second-order valence-corrected chi connectivity index (χ2v) is 7.33. The Morgan fingerprint density at radius 1 is 1.29 bits per heavy atom. The highest BCUT2D eigenvalue weighted by atomic mass is 127. The third kappa shape index (κ3) is 3.46. The zero-order valence-electron chi connectivity index (χ0n) is 11.3. The summed E-state index contributed by atoms with van der Waals surface area (Å²) in [6, 6.07) is 3.20. The van der Waals surface area contributed by atoms with Crippen molar-refractivity contribution < 1.29 is 14.7 Å². The fourth-order valence-electron chi connectivity index (χ4n) is 2.30. The van der Waals surface area contributed by atoms with Crippen LogP contribution < -0.4 is 0 Å². The molecule has 1 heterocycles. The Morgan fingerprint density at radius 2 is 1.86 bits per heavy atom. The van der Waals surface area contributed by atoms with Gasteiger partial charge in [-0.05, 0) is 54.5 Å². The first-order valence-electron chi connectivity index (χ1n) is 6.42. The molecule has 4 nitrogen and oxygen atoms in total. The van der Waals surface area contributed by atoms with Crippen molar-refractivity contribution in [2.24, 2.45) is 5.41 Å². The number of benzene rings is 1. The third-order valence-corrected chi connectivity index (χ3v) is 5.89. The predicted molar refractivity (Wildman–Crippen MR) is 90.1 cm³/mol. The Morgan fingerprint density at radius 3 is 2.38 bits per heavy atom. The summed E-state index contributed by atoms with van der Waals surface area (Å²) in [4.78, 5) is 25.5. The molecule has 1 aliphatic rings. The van der Waals surface area contributed by atoms with Crippen molar-refractivity contribution in [2.75, 3.05) is 13.1 Å². The molecule has 1 amide bonds. The van der Waals surface area contributed by atoms with Crippen LogP contribution in [0.25, 0.3) is 0 Å². The van der Waals surface area contributed by atoms with Gasteiger partial charge < -0.3 is 10.0 Å². The average Bonchev–Trinajstić information content (AvgIpc) is 2.42. The van der Waals surface area contributed by atoms with Crippen molar-refractivity contribution in [3.05, 3.63) is 31.3 Å². The van der Waals surface area contributed by atoms with E-state index in [1.807, 2.05) is 22.6 Å². The van der Waals surface area contributed by atoms with Gasteiger partial charge >= 0.3 is 5.97 Å². The Balaban J connectivity index is 2.18. The van der Waals surface area contributed by atoms with Gasteiger partial charge in [0.05, 0.1) is 16.0 Å². The highest BCUT2D eigenvalue weighted by Crippen LogP contribution is 2.33. The normalized spacial score (nSPS) is 17.6. The number of aliphatic carboxylic acids is 1. The van der Waals surface area contributed by atoms with E-state index in [0.29, 0.717) is 45.1 Å². The lowest BCUT2D eigenvalue weighted by Gasteiger charge is -2.36. The zero-order valence-corrected chi connectivity index (χ0v) is 15.0. The van der Waals surface area contributed by atoms with Gasteiger partial charge in [-0.25, -0.2) is 0 Å². The molecule has 1 aromatic carbocycles. The van der Waals surface area contributed by atoms with E-state index in [4.69, 9.17) is 23.2 Å². The van der Waals surface area contributed by atoms with Crippen LogP contribution in [0.3, 0.4) is 0 Å². The zero-order chi connectivity index (χ0) is 15.8. The van der Waals surface area contributed by atoms with Crippen LogP contribution in [0.2, 0.25) is 10.0 Å². The number of carbonyl (C=O) groups excluding carboxylic acids is 1. The van der Waals surface area contributed by atoms with Crippen LogP contribution in [0, 0.1) is 8.99 Å². The van der Waals surface area contributed by atoms with Gasteiger partial charge in [-0.3, -0.25) is 9.59 Å². The lowest BCUT2D eigenvalue weighted by atomic mass is 9.80. The van der Waals surface area contributed by atoms with Crippen molar-refractivity contribution >= 4 is 57.7 Å². The van der Waals surface area contributed by atoms with E-state index in [1.165, 1.54) is 0 Å². The smallest absolute Gasteiger partial charge is 0.309 e. The summed E-state index contributed by atoms with van der Waals surface area (Å²) in [5.41, 5.74) is -0.289. The quantitative estimate of drug-likeness (QED) is 0.558. The van der Waals surface area contributed by atoms with E-state index in [2.05, 4.69) is 0 Å². The summed E-state index contributed by atoms with van der Waals surface area (Å²) in [6.07, 6.45) is 0.887. The first-order valence-corrected chi connectivity index (χ1v) is 8.25. The number of carbonyl (C=O) groups is 2. The number of rotatable bonds is 2. The number of nitrogens with zero attached hydrogens (tertiary/aromatic N) is 1. The fourth-order valence-corrected chi connectivity index (χ4v) is 3.33. The number of hydrogen-bond donors (Lipinski definition) is 1. The molecule has 7 heteroatoms. The number of carboxylic acids is 1. The predicted octanol–water partition coefficient (Wildman–Crippen LogP) is 3.92. The molecule has 0 atom stereocenters. The summed E-state index contributed by atoms with van der Waals surface area (Å²) in [7, 11) is 0. The van der Waals surface area contributed by atoms with Crippen molar-refractivity contribution in [1.29, 1.82) is 0 Å². The Bertz CT molecular complexity index is 598. The minimum atomic E-state index is -0.810. The lowest BCUT2D eigenvalue weighted by Crippen LogP contribution is -2.45. The molecule has 114 valence electrons. The van der Waals surface area contributed by atoms with Crippen LogP contribution in [0.15, 0.2) is 12.1 Å². The van der Waals surface area contributed by atoms with Crippen molar-refractivity contribution in [1.82, 2.24) is 4.90 Å². The summed E-state index contributed by atoms with van der Waals surface area (Å²) in [5.74, 6) is -0.966. The molecule has 0 aromatic heterocycles. The monoisotopic (exact) mass is 441 g/mol. The molecule has 1 saturated heterocycles. The standard InChI is InChI=1S/C14H14Cl2INO3/c1-14(13(20)21)2-4-18(5-3-14)12(19)9-6-8(15)7-10(16)11(9)17/h6-7H,2-5H2,1H3,(H,20,21). The van der Waals surface area contributed by atoms with Gasteiger partial charge in [0.25, 0.3) is 5.91 Å². The largest absolute Gasteiger partial charge is 0.481 e. The van der Waals surface area contributed by atoms with E-state index in [1.54, 1.807) is 24.0 Å². The number of carboxylic acid groups (broad SMARTS) is 1. The van der Waals surface area contributed by atoms with Crippen LogP contribution in [-0.2, 0) is 4.79 Å². The third-order valence-electron chi connectivity index (χ3n) is 3.89. The van der Waals surface area contributed by atoms with Gasteiger partial charge in [0, 0.05) is 21.7 Å². The van der Waals surface area contributed by atoms with E-state index in [9.17, 15) is 14.7 Å². The van der Waals surface area contributed by atoms with Gasteiger partial charge in [-0.2, -0.15) is 0 Å². The van der Waals surface area contributed by atoms with Crippen LogP contribution in [0.1, 0.15) is 30.1 Å². The summed E-state index contributed by atoms with van der Waals surface area (Å²) >= 11 is 14.0. The maximum absolute atomic E-state index is 12.6. The SMILES string of the molecule is CC1(C(=O)O)CCN(C(=O)c2cc(Cl)cc(Cl)c2I)CC1. The second kappa shape index (κ2) is 6.30. The van der Waals surface area contributed by atoms with Crippen molar-refractivity contribution in [3.63, 3.8) is 0 Å². The molecular formula is C14H14Cl2INO3. The van der Waals surface area contributed by atoms with Gasteiger partial charge in [-0.15, -0.1) is 0 Å². The number of likely N-dealkylation sites (tertiary alicyclic amines) is 1. The Labute approximate surface area is 146 Å². The van der Waals surface area contributed by atoms with Gasteiger partial charge in [0.15, 0.2) is 0 Å². The average molecular weight is 442 g/mol. The number of piperidine rings is 1. The molecule has 2 rings (SSSR count). The van der Waals surface area contributed by atoms with Gasteiger partial charge in [0.1, 0.15) is 0 Å². The van der Waals surface area contributed by atoms with Crippen molar-refractivity contribution in [3.8, 4) is 0 Å². The highest BCUT2D eigenvalue weighted by Gasteiger charge is 2.38. The molecule has 0 saturated carbocycles. The molecule has 1 fully saturated rings. The topological polar surface area (TPSA) is 57.6 Å². The van der Waals surface area contributed by atoms with Crippen molar-refractivity contribution in [2.45, 2.75) is 19.8 Å². The van der Waals surface area contributed by atoms with Gasteiger partial charge in [0.2, 0.25) is 0 Å². The molecule has 0 unspecified atom stereocenters. The summed E-state index contributed by atoms with van der Waals surface area (Å²) in [5, 5.41) is 10.1. The number of halogens is 3. The van der Waals surface area contributed by atoms with Crippen LogP contribution in [0.5, 0.6) is 0 Å². The lowest BCUT2D eigenvalue weighted by molar-refractivity contribution is -0.150. The maximum Gasteiger partial charge on any atom is 0.309 e. The fraction of sp³-hybridized carbons (Fsp3) is 0.429. The van der Waals surface area contributed by atoms with Crippen LogP contribution >= 0.6 is 45.8 Å². The van der Waals surface area contributed by atoms with E-state index in [-0.39, 0.29) is 5.91 Å². The first-order chi connectivity index (χ1) is 9.74. The summed E-state index contributed by atoms with van der Waals surface area (Å²) in [6.45, 7) is 2.56. The van der Waals surface area contributed by atoms with E-state index >= 15 is 0 Å². The Hall–Kier alpha value is -0.530. The summed E-state index contributed by atoms with van der Waals surface area (Å²) < 4.78 is 0.662. The molecular weight excluding hydrogens is 428 g/mol. The molecule has 21 heavy (non-hydrogen) atoms. The molecule has 0 aliphatic carbocycles. The molecule has 0 bridgehead atoms. The van der Waals surface area contributed by atoms with Crippen LogP contribution in [0.4, 0.5) is 0 Å². The molecule has 1 N–H and O–H groups in total.